The van der Waals surface area contributed by atoms with Crippen molar-refractivity contribution < 1.29 is 4.42 Å². The Balaban J connectivity index is 1.60. The van der Waals surface area contributed by atoms with Gasteiger partial charge in [-0.05, 0) is 23.3 Å². The molecule has 0 saturated heterocycles. The fraction of sp³-hybridized carbons (Fsp3) is 0. The molecule has 0 unspecified atom stereocenters. The molecule has 0 N–H and O–H groups in total. The molecule has 6 rings (SSSR count). The molecule has 0 aliphatic rings. The van der Waals surface area contributed by atoms with Crippen LogP contribution in [0.15, 0.2) is 114 Å². The molecule has 142 valence electrons. The first-order valence-electron chi connectivity index (χ1n) is 10.00. The lowest BCUT2D eigenvalue weighted by Gasteiger charge is -2.07. The van der Waals surface area contributed by atoms with Crippen LogP contribution in [0.4, 0.5) is 0 Å². The van der Waals surface area contributed by atoms with Crippen LogP contribution in [-0.2, 0) is 0 Å². The first kappa shape index (κ1) is 16.8. The molecule has 0 amide bonds. The van der Waals surface area contributed by atoms with Crippen LogP contribution in [0.1, 0.15) is 0 Å². The van der Waals surface area contributed by atoms with Gasteiger partial charge in [0.15, 0.2) is 5.58 Å². The van der Waals surface area contributed by atoms with E-state index in [-0.39, 0.29) is 0 Å². The maximum Gasteiger partial charge on any atom is 0.307 e. The molecule has 2 heterocycles. The third-order valence-corrected chi connectivity index (χ3v) is 5.47. The van der Waals surface area contributed by atoms with Gasteiger partial charge in [-0.1, -0.05) is 97.1 Å². The van der Waals surface area contributed by atoms with Crippen molar-refractivity contribution in [3.63, 3.8) is 0 Å². The molecular weight excluding hydrogens is 368 g/mol. The van der Waals surface area contributed by atoms with Crippen molar-refractivity contribution in [3.05, 3.63) is 109 Å². The Kier molecular flexibility index (Phi) is 3.78. The minimum absolute atomic E-state index is 0.609. The third-order valence-electron chi connectivity index (χ3n) is 5.47. The number of hydrogen-bond acceptors (Lipinski definition) is 2. The summed E-state index contributed by atoms with van der Waals surface area (Å²) in [6.07, 6.45) is 0. The van der Waals surface area contributed by atoms with E-state index in [1.807, 2.05) is 42.5 Å². The largest absolute Gasteiger partial charge is 0.423 e. The van der Waals surface area contributed by atoms with E-state index in [2.05, 4.69) is 71.1 Å². The number of fused-ring (bicyclic) bond motifs is 3. The molecule has 30 heavy (non-hydrogen) atoms. The predicted molar refractivity (Wildman–Crippen MR) is 121 cm³/mol. The number of rotatable bonds is 3. The maximum atomic E-state index is 6.06. The van der Waals surface area contributed by atoms with E-state index in [1.54, 1.807) is 0 Å². The molecule has 3 heteroatoms. The summed E-state index contributed by atoms with van der Waals surface area (Å²) in [5.74, 6) is 0.609. The summed E-state index contributed by atoms with van der Waals surface area (Å²) in [7, 11) is 0. The molecule has 0 atom stereocenters. The van der Waals surface area contributed by atoms with Gasteiger partial charge in [-0.25, -0.2) is 0 Å². The number of imidazole rings is 1. The van der Waals surface area contributed by atoms with Gasteiger partial charge in [-0.15, -0.1) is 0 Å². The van der Waals surface area contributed by atoms with Gasteiger partial charge >= 0.3 is 5.84 Å². The first-order chi connectivity index (χ1) is 14.9. The Morgan fingerprint density at radius 1 is 0.533 bits per heavy atom. The van der Waals surface area contributed by atoms with Crippen molar-refractivity contribution in [3.8, 4) is 33.6 Å². The lowest BCUT2D eigenvalue weighted by atomic mass is 10.0. The molecule has 4 aromatic carbocycles. The molecule has 0 aliphatic carbocycles. The number of benzene rings is 4. The SMILES string of the molecule is c1ccc(-c2ccc(-c3c(-c4ccccc4)nc4oc5ccccc5n34)cc2)cc1. The number of para-hydroxylation sites is 2. The van der Waals surface area contributed by atoms with Crippen molar-refractivity contribution in [2.75, 3.05) is 0 Å². The second kappa shape index (κ2) is 6.75. The summed E-state index contributed by atoms with van der Waals surface area (Å²) in [5, 5.41) is 0. The second-order valence-corrected chi connectivity index (χ2v) is 7.31. The number of aromatic nitrogens is 2. The minimum Gasteiger partial charge on any atom is -0.423 e. The Morgan fingerprint density at radius 3 is 1.83 bits per heavy atom. The van der Waals surface area contributed by atoms with Gasteiger partial charge in [0.1, 0.15) is 5.69 Å². The van der Waals surface area contributed by atoms with Crippen LogP contribution in [0.5, 0.6) is 0 Å². The molecule has 0 bridgehead atoms. The van der Waals surface area contributed by atoms with Crippen molar-refractivity contribution in [2.24, 2.45) is 0 Å². The monoisotopic (exact) mass is 386 g/mol. The van der Waals surface area contributed by atoms with Crippen LogP contribution in [0.3, 0.4) is 0 Å². The van der Waals surface area contributed by atoms with Crippen molar-refractivity contribution in [1.29, 1.82) is 0 Å². The fourth-order valence-corrected chi connectivity index (χ4v) is 4.03. The van der Waals surface area contributed by atoms with Crippen molar-refractivity contribution in [1.82, 2.24) is 9.38 Å². The van der Waals surface area contributed by atoms with Crippen LogP contribution in [0, 0.1) is 0 Å². The van der Waals surface area contributed by atoms with E-state index in [0.717, 1.165) is 33.6 Å². The highest BCUT2D eigenvalue weighted by molar-refractivity contribution is 5.88. The Labute approximate surface area is 173 Å². The highest BCUT2D eigenvalue weighted by Gasteiger charge is 2.20. The Bertz CT molecular complexity index is 1460. The number of oxazole rings is 1. The van der Waals surface area contributed by atoms with Gasteiger partial charge in [-0.2, -0.15) is 4.98 Å². The quantitative estimate of drug-likeness (QED) is 0.325. The zero-order valence-corrected chi connectivity index (χ0v) is 16.2. The number of hydrogen-bond donors (Lipinski definition) is 0. The summed E-state index contributed by atoms with van der Waals surface area (Å²) >= 11 is 0. The normalized spacial score (nSPS) is 11.3. The highest BCUT2D eigenvalue weighted by atomic mass is 16.4. The van der Waals surface area contributed by atoms with E-state index in [9.17, 15) is 0 Å². The summed E-state index contributed by atoms with van der Waals surface area (Å²) in [5.41, 5.74) is 8.40. The van der Waals surface area contributed by atoms with Crippen LogP contribution in [0.2, 0.25) is 0 Å². The molecule has 0 radical (unpaired) electrons. The third kappa shape index (κ3) is 2.64. The molecule has 0 fully saturated rings. The van der Waals surface area contributed by atoms with Gasteiger partial charge in [0.05, 0.1) is 11.2 Å². The lowest BCUT2D eigenvalue weighted by Crippen LogP contribution is -1.89. The van der Waals surface area contributed by atoms with Crippen LogP contribution >= 0.6 is 0 Å². The van der Waals surface area contributed by atoms with E-state index in [4.69, 9.17) is 9.40 Å². The second-order valence-electron chi connectivity index (χ2n) is 7.31. The maximum absolute atomic E-state index is 6.06. The molecule has 3 nitrogen and oxygen atoms in total. The summed E-state index contributed by atoms with van der Waals surface area (Å²) in [6, 6.07) is 37.4. The van der Waals surface area contributed by atoms with Gasteiger partial charge in [0.25, 0.3) is 0 Å². The Morgan fingerprint density at radius 2 is 1.10 bits per heavy atom. The summed E-state index contributed by atoms with van der Waals surface area (Å²) in [4.78, 5) is 4.87. The summed E-state index contributed by atoms with van der Waals surface area (Å²) < 4.78 is 8.18. The van der Waals surface area contributed by atoms with Crippen LogP contribution in [-0.4, -0.2) is 9.38 Å². The zero-order chi connectivity index (χ0) is 19.9. The standard InChI is InChI=1S/C27H18N2O/c1-3-9-19(10-4-1)20-15-17-22(18-16-20)26-25(21-11-5-2-6-12-21)28-27-29(26)23-13-7-8-14-24(23)30-27/h1-18H. The zero-order valence-electron chi connectivity index (χ0n) is 16.2. The molecule has 0 aliphatic heterocycles. The van der Waals surface area contributed by atoms with Gasteiger partial charge in [0.2, 0.25) is 0 Å². The molecule has 6 aromatic rings. The van der Waals surface area contributed by atoms with Gasteiger partial charge in [0, 0.05) is 11.1 Å². The van der Waals surface area contributed by atoms with E-state index in [0.29, 0.717) is 5.84 Å². The minimum atomic E-state index is 0.609. The topological polar surface area (TPSA) is 30.4 Å². The number of nitrogens with zero attached hydrogens (tertiary/aromatic N) is 2. The average molecular weight is 386 g/mol. The van der Waals surface area contributed by atoms with E-state index < -0.39 is 0 Å². The smallest absolute Gasteiger partial charge is 0.307 e. The summed E-state index contributed by atoms with van der Waals surface area (Å²) in [6.45, 7) is 0. The Hall–Kier alpha value is -4.11. The van der Waals surface area contributed by atoms with Gasteiger partial charge in [-0.3, -0.25) is 4.40 Å². The molecular formula is C27H18N2O. The molecule has 0 saturated carbocycles. The molecule has 0 spiro atoms. The first-order valence-corrected chi connectivity index (χ1v) is 10.00. The molecule has 2 aromatic heterocycles. The highest BCUT2D eigenvalue weighted by Crippen LogP contribution is 2.36. The predicted octanol–water partition coefficient (Wildman–Crippen LogP) is 7.08. The van der Waals surface area contributed by atoms with E-state index in [1.165, 1.54) is 11.1 Å². The van der Waals surface area contributed by atoms with E-state index >= 15 is 0 Å². The fourth-order valence-electron chi connectivity index (χ4n) is 4.03. The van der Waals surface area contributed by atoms with Crippen LogP contribution < -0.4 is 0 Å². The van der Waals surface area contributed by atoms with Crippen LogP contribution in [0.25, 0.3) is 50.6 Å². The van der Waals surface area contributed by atoms with Crippen molar-refractivity contribution in [2.45, 2.75) is 0 Å². The van der Waals surface area contributed by atoms with Crippen molar-refractivity contribution >= 4 is 16.9 Å². The average Bonchev–Trinajstić information content (AvgIpc) is 3.37. The van der Waals surface area contributed by atoms with Gasteiger partial charge < -0.3 is 4.42 Å². The lowest BCUT2D eigenvalue weighted by molar-refractivity contribution is 0.642.